The minimum atomic E-state index is -1.11. The third-order valence-electron chi connectivity index (χ3n) is 2.07. The van der Waals surface area contributed by atoms with E-state index in [0.717, 1.165) is 11.1 Å². The van der Waals surface area contributed by atoms with Gasteiger partial charge in [-0.05, 0) is 6.92 Å². The Morgan fingerprint density at radius 1 is 1.31 bits per heavy atom. The van der Waals surface area contributed by atoms with E-state index in [9.17, 15) is 4.79 Å². The SMILES string of the molecule is Cc1ccc(-c2cc(C(=O)O)on2)cc1.Cl. The standard InChI is InChI=1S/C11H9NO3.ClH/c1-7-2-4-8(5-3-7)9-6-10(11(13)14)15-12-9;/h2-6H,1H3,(H,13,14);1H. The molecular formula is C11H10ClNO3. The number of rotatable bonds is 2. The molecule has 0 saturated heterocycles. The van der Waals surface area contributed by atoms with E-state index in [-0.39, 0.29) is 18.2 Å². The van der Waals surface area contributed by atoms with E-state index >= 15 is 0 Å². The zero-order chi connectivity index (χ0) is 10.8. The van der Waals surface area contributed by atoms with Crippen molar-refractivity contribution in [1.29, 1.82) is 0 Å². The molecule has 84 valence electrons. The van der Waals surface area contributed by atoms with Gasteiger partial charge in [0.05, 0.1) is 0 Å². The fourth-order valence-electron chi connectivity index (χ4n) is 1.24. The lowest BCUT2D eigenvalue weighted by Gasteiger charge is -1.94. The fourth-order valence-corrected chi connectivity index (χ4v) is 1.24. The van der Waals surface area contributed by atoms with Crippen LogP contribution in [-0.2, 0) is 0 Å². The van der Waals surface area contributed by atoms with Crippen LogP contribution in [0.3, 0.4) is 0 Å². The summed E-state index contributed by atoms with van der Waals surface area (Å²) in [6.45, 7) is 1.98. The zero-order valence-electron chi connectivity index (χ0n) is 8.51. The van der Waals surface area contributed by atoms with E-state index in [4.69, 9.17) is 5.11 Å². The van der Waals surface area contributed by atoms with Crippen LogP contribution in [0.2, 0.25) is 0 Å². The molecular weight excluding hydrogens is 230 g/mol. The first-order valence-corrected chi connectivity index (χ1v) is 4.44. The summed E-state index contributed by atoms with van der Waals surface area (Å²) in [6.07, 6.45) is 0. The normalized spacial score (nSPS) is 9.56. The Morgan fingerprint density at radius 3 is 2.44 bits per heavy atom. The Labute approximate surface area is 98.3 Å². The van der Waals surface area contributed by atoms with Gasteiger partial charge in [-0.15, -0.1) is 12.4 Å². The molecule has 0 amide bonds. The molecule has 2 aromatic rings. The van der Waals surface area contributed by atoms with Crippen LogP contribution in [0.25, 0.3) is 11.3 Å². The largest absolute Gasteiger partial charge is 0.475 e. The van der Waals surface area contributed by atoms with E-state index in [2.05, 4.69) is 9.68 Å². The Balaban J connectivity index is 0.00000128. The number of hydrogen-bond acceptors (Lipinski definition) is 3. The number of hydrogen-bond donors (Lipinski definition) is 1. The lowest BCUT2D eigenvalue weighted by Crippen LogP contribution is -1.91. The molecule has 5 heteroatoms. The van der Waals surface area contributed by atoms with Crippen LogP contribution in [-0.4, -0.2) is 16.2 Å². The summed E-state index contributed by atoms with van der Waals surface area (Å²) >= 11 is 0. The van der Waals surface area contributed by atoms with E-state index in [1.807, 2.05) is 31.2 Å². The number of carbonyl (C=O) groups is 1. The maximum atomic E-state index is 10.6. The van der Waals surface area contributed by atoms with Gasteiger partial charge in [0, 0.05) is 11.6 Å². The van der Waals surface area contributed by atoms with Crippen LogP contribution in [0, 0.1) is 6.92 Å². The molecule has 0 fully saturated rings. The van der Waals surface area contributed by atoms with Gasteiger partial charge >= 0.3 is 5.97 Å². The monoisotopic (exact) mass is 239 g/mol. The number of halogens is 1. The Morgan fingerprint density at radius 2 is 1.94 bits per heavy atom. The van der Waals surface area contributed by atoms with E-state index in [1.54, 1.807) is 0 Å². The molecule has 0 bridgehead atoms. The third-order valence-corrected chi connectivity index (χ3v) is 2.07. The molecule has 0 saturated carbocycles. The molecule has 16 heavy (non-hydrogen) atoms. The number of benzene rings is 1. The number of aromatic carboxylic acids is 1. The number of aromatic nitrogens is 1. The van der Waals surface area contributed by atoms with E-state index in [1.165, 1.54) is 6.07 Å². The summed E-state index contributed by atoms with van der Waals surface area (Å²) < 4.78 is 4.66. The van der Waals surface area contributed by atoms with Crippen molar-refractivity contribution in [2.75, 3.05) is 0 Å². The third kappa shape index (κ3) is 2.41. The summed E-state index contributed by atoms with van der Waals surface area (Å²) in [4.78, 5) is 10.6. The predicted octanol–water partition coefficient (Wildman–Crippen LogP) is 2.77. The predicted molar refractivity (Wildman–Crippen MR) is 60.9 cm³/mol. The number of carboxylic acid groups (broad SMARTS) is 1. The average molecular weight is 240 g/mol. The molecule has 0 spiro atoms. The molecule has 0 atom stereocenters. The molecule has 2 rings (SSSR count). The number of aryl methyl sites for hydroxylation is 1. The fraction of sp³-hybridized carbons (Fsp3) is 0.0909. The van der Waals surface area contributed by atoms with Gasteiger partial charge in [-0.3, -0.25) is 0 Å². The highest BCUT2D eigenvalue weighted by atomic mass is 35.5. The van der Waals surface area contributed by atoms with Crippen molar-refractivity contribution < 1.29 is 14.4 Å². The summed E-state index contributed by atoms with van der Waals surface area (Å²) in [5.74, 6) is -1.26. The molecule has 1 aromatic heterocycles. The Bertz CT molecular complexity index is 490. The summed E-state index contributed by atoms with van der Waals surface area (Å²) in [5.41, 5.74) is 2.52. The van der Waals surface area contributed by atoms with Crippen LogP contribution in [0.4, 0.5) is 0 Å². The lowest BCUT2D eigenvalue weighted by molar-refractivity contribution is 0.0652. The summed E-state index contributed by atoms with van der Waals surface area (Å²) in [6, 6.07) is 9.03. The highest BCUT2D eigenvalue weighted by molar-refractivity contribution is 5.85. The Hall–Kier alpha value is -1.81. The highest BCUT2D eigenvalue weighted by Gasteiger charge is 2.11. The first-order chi connectivity index (χ1) is 7.16. The van der Waals surface area contributed by atoms with Crippen LogP contribution in [0.1, 0.15) is 16.1 Å². The Kier molecular flexibility index (Phi) is 3.68. The smallest absolute Gasteiger partial charge is 0.374 e. The molecule has 0 aliphatic rings. The van der Waals surface area contributed by atoms with Crippen LogP contribution in [0.15, 0.2) is 34.9 Å². The average Bonchev–Trinajstić information content (AvgIpc) is 2.68. The van der Waals surface area contributed by atoms with Crippen molar-refractivity contribution in [3.8, 4) is 11.3 Å². The number of nitrogens with zero attached hydrogens (tertiary/aromatic N) is 1. The molecule has 1 N–H and O–H groups in total. The highest BCUT2D eigenvalue weighted by Crippen LogP contribution is 2.19. The van der Waals surface area contributed by atoms with E-state index in [0.29, 0.717) is 5.69 Å². The minimum absolute atomic E-state index is 0. The number of carboxylic acids is 1. The topological polar surface area (TPSA) is 63.3 Å². The molecule has 4 nitrogen and oxygen atoms in total. The van der Waals surface area contributed by atoms with Gasteiger partial charge in [-0.1, -0.05) is 35.0 Å². The van der Waals surface area contributed by atoms with Gasteiger partial charge in [-0.2, -0.15) is 0 Å². The van der Waals surface area contributed by atoms with Gasteiger partial charge < -0.3 is 9.63 Å². The first-order valence-electron chi connectivity index (χ1n) is 4.44. The summed E-state index contributed by atoms with van der Waals surface area (Å²) in [7, 11) is 0. The van der Waals surface area contributed by atoms with Crippen LogP contribution >= 0.6 is 12.4 Å². The summed E-state index contributed by atoms with van der Waals surface area (Å²) in [5, 5.41) is 12.3. The van der Waals surface area contributed by atoms with E-state index < -0.39 is 5.97 Å². The molecule has 1 aromatic carbocycles. The molecule has 0 aliphatic carbocycles. The minimum Gasteiger partial charge on any atom is -0.475 e. The van der Waals surface area contributed by atoms with Gasteiger partial charge in [-0.25, -0.2) is 4.79 Å². The van der Waals surface area contributed by atoms with Crippen LogP contribution in [0.5, 0.6) is 0 Å². The van der Waals surface area contributed by atoms with Gasteiger partial charge in [0.25, 0.3) is 0 Å². The van der Waals surface area contributed by atoms with Crippen molar-refractivity contribution in [2.45, 2.75) is 6.92 Å². The van der Waals surface area contributed by atoms with Gasteiger partial charge in [0.1, 0.15) is 5.69 Å². The molecule has 0 aliphatic heterocycles. The quantitative estimate of drug-likeness (QED) is 0.875. The van der Waals surface area contributed by atoms with Crippen molar-refractivity contribution >= 4 is 18.4 Å². The van der Waals surface area contributed by atoms with Crippen molar-refractivity contribution in [2.24, 2.45) is 0 Å². The first kappa shape index (κ1) is 12.3. The second-order valence-electron chi connectivity index (χ2n) is 3.25. The van der Waals surface area contributed by atoms with Crippen LogP contribution < -0.4 is 0 Å². The molecule has 0 radical (unpaired) electrons. The van der Waals surface area contributed by atoms with Gasteiger partial charge in [0.2, 0.25) is 5.76 Å². The molecule has 1 heterocycles. The van der Waals surface area contributed by atoms with Gasteiger partial charge in [0.15, 0.2) is 0 Å². The van der Waals surface area contributed by atoms with Crippen molar-refractivity contribution in [3.63, 3.8) is 0 Å². The zero-order valence-corrected chi connectivity index (χ0v) is 9.32. The van der Waals surface area contributed by atoms with Crippen molar-refractivity contribution in [1.82, 2.24) is 5.16 Å². The second-order valence-corrected chi connectivity index (χ2v) is 3.25. The maximum absolute atomic E-state index is 10.6. The maximum Gasteiger partial charge on any atom is 0.374 e. The van der Waals surface area contributed by atoms with Crippen molar-refractivity contribution in [3.05, 3.63) is 41.7 Å². The molecule has 0 unspecified atom stereocenters. The lowest BCUT2D eigenvalue weighted by atomic mass is 10.1. The second kappa shape index (κ2) is 4.81.